The Hall–Kier alpha value is -0.410. The highest BCUT2D eigenvalue weighted by molar-refractivity contribution is 9.10. The zero-order chi connectivity index (χ0) is 17.1. The summed E-state index contributed by atoms with van der Waals surface area (Å²) in [6, 6.07) is 3.00. The Morgan fingerprint density at radius 2 is 1.38 bits per heavy atom. The van der Waals surface area contributed by atoms with Crippen molar-refractivity contribution < 1.29 is 8.78 Å². The molecule has 3 rings (SSSR count). The van der Waals surface area contributed by atoms with E-state index in [-0.39, 0.29) is 4.47 Å². The number of rotatable bonds is 3. The fraction of sp³-hybridized carbons (Fsp3) is 0.600. The molecule has 0 amide bonds. The first kappa shape index (κ1) is 18.4. The molecule has 0 aliphatic heterocycles. The number of hydrogen-bond acceptors (Lipinski definition) is 0. The van der Waals surface area contributed by atoms with Crippen LogP contribution in [-0.4, -0.2) is 0 Å². The van der Waals surface area contributed by atoms with Crippen LogP contribution < -0.4 is 0 Å². The van der Waals surface area contributed by atoms with E-state index in [1.807, 2.05) is 0 Å². The lowest BCUT2D eigenvalue weighted by Crippen LogP contribution is -2.25. The van der Waals surface area contributed by atoms with Gasteiger partial charge in [-0.05, 0) is 109 Å². The molecule has 2 saturated carbocycles. The minimum atomic E-state index is -0.488. The Morgan fingerprint density at radius 3 is 1.88 bits per heavy atom. The van der Waals surface area contributed by atoms with Crippen molar-refractivity contribution >= 4 is 27.5 Å². The van der Waals surface area contributed by atoms with E-state index >= 15 is 0 Å². The van der Waals surface area contributed by atoms with E-state index in [0.29, 0.717) is 11.8 Å². The van der Waals surface area contributed by atoms with Crippen molar-refractivity contribution in [3.63, 3.8) is 0 Å². The van der Waals surface area contributed by atoms with Gasteiger partial charge in [-0.15, -0.1) is 0 Å². The normalized spacial score (nSPS) is 31.5. The minimum absolute atomic E-state index is 0.0531. The third kappa shape index (κ3) is 4.22. The molecule has 24 heavy (non-hydrogen) atoms. The molecule has 0 nitrogen and oxygen atoms in total. The third-order valence-corrected chi connectivity index (χ3v) is 6.98. The van der Waals surface area contributed by atoms with Crippen molar-refractivity contribution in [2.24, 2.45) is 17.8 Å². The van der Waals surface area contributed by atoms with Gasteiger partial charge in [0.15, 0.2) is 0 Å². The first-order valence-electron chi connectivity index (χ1n) is 8.99. The summed E-state index contributed by atoms with van der Waals surface area (Å²) in [5.41, 5.74) is 2.48. The van der Waals surface area contributed by atoms with Gasteiger partial charge in [-0.1, -0.05) is 17.7 Å². The van der Waals surface area contributed by atoms with Gasteiger partial charge < -0.3 is 0 Å². The van der Waals surface area contributed by atoms with Crippen LogP contribution in [0.4, 0.5) is 8.78 Å². The molecule has 0 heterocycles. The maximum absolute atomic E-state index is 13.8. The van der Waals surface area contributed by atoms with Gasteiger partial charge in [-0.2, -0.15) is 0 Å². The molecule has 2 aliphatic carbocycles. The summed E-state index contributed by atoms with van der Waals surface area (Å²) >= 11 is 8.64. The lowest BCUT2D eigenvalue weighted by molar-refractivity contribution is 0.171. The van der Waals surface area contributed by atoms with Gasteiger partial charge in [0.2, 0.25) is 0 Å². The van der Waals surface area contributed by atoms with E-state index in [1.165, 1.54) is 50.7 Å². The number of hydrogen-bond donors (Lipinski definition) is 0. The molecule has 0 spiro atoms. The summed E-state index contributed by atoms with van der Waals surface area (Å²) in [5, 5.41) is 0. The summed E-state index contributed by atoms with van der Waals surface area (Å²) in [4.78, 5) is 0. The molecule has 0 aromatic heterocycles. The SMILES string of the molecule is Fc1cc(C2CCC([C@H]3CC[C@H](/C=C/Cl)CC3)CC2)cc(F)c1Br. The van der Waals surface area contributed by atoms with Gasteiger partial charge in [-0.25, -0.2) is 8.78 Å². The molecule has 0 atom stereocenters. The molecular weight excluding hydrogens is 394 g/mol. The van der Waals surface area contributed by atoms with Crippen LogP contribution in [0.25, 0.3) is 0 Å². The van der Waals surface area contributed by atoms with E-state index in [0.717, 1.165) is 30.2 Å². The Balaban J connectivity index is 1.55. The maximum Gasteiger partial charge on any atom is 0.140 e. The van der Waals surface area contributed by atoms with E-state index in [4.69, 9.17) is 11.6 Å². The molecule has 0 bridgehead atoms. The second-order valence-electron chi connectivity index (χ2n) is 7.40. The third-order valence-electron chi connectivity index (χ3n) is 6.08. The van der Waals surface area contributed by atoms with Crippen LogP contribution in [0.5, 0.6) is 0 Å². The largest absolute Gasteiger partial charge is 0.206 e. The average Bonchev–Trinajstić information content (AvgIpc) is 2.60. The zero-order valence-electron chi connectivity index (χ0n) is 13.8. The topological polar surface area (TPSA) is 0 Å². The highest BCUT2D eigenvalue weighted by Crippen LogP contribution is 2.44. The predicted molar refractivity (Wildman–Crippen MR) is 99.2 cm³/mol. The molecule has 0 unspecified atom stereocenters. The van der Waals surface area contributed by atoms with Crippen molar-refractivity contribution in [1.82, 2.24) is 0 Å². The Kier molecular flexibility index (Phi) is 6.37. The molecular formula is C20H24BrClF2. The molecule has 132 valence electrons. The van der Waals surface area contributed by atoms with Gasteiger partial charge in [0.1, 0.15) is 11.6 Å². The van der Waals surface area contributed by atoms with Crippen LogP contribution >= 0.6 is 27.5 Å². The number of allylic oxidation sites excluding steroid dienone is 1. The Labute approximate surface area is 156 Å². The highest BCUT2D eigenvalue weighted by Gasteiger charge is 2.31. The molecule has 2 aliphatic rings. The van der Waals surface area contributed by atoms with Crippen molar-refractivity contribution in [2.75, 3.05) is 0 Å². The molecule has 1 aromatic rings. The molecule has 2 fully saturated rings. The van der Waals surface area contributed by atoms with Crippen LogP contribution in [0.15, 0.2) is 28.2 Å². The first-order chi connectivity index (χ1) is 11.6. The van der Waals surface area contributed by atoms with Crippen molar-refractivity contribution in [3.8, 4) is 0 Å². The van der Waals surface area contributed by atoms with Crippen molar-refractivity contribution in [1.29, 1.82) is 0 Å². The second kappa shape index (κ2) is 8.31. The first-order valence-corrected chi connectivity index (χ1v) is 10.2. The van der Waals surface area contributed by atoms with Gasteiger partial charge >= 0.3 is 0 Å². The Morgan fingerprint density at radius 1 is 0.875 bits per heavy atom. The number of benzene rings is 1. The van der Waals surface area contributed by atoms with Crippen LogP contribution in [0.1, 0.15) is 62.8 Å². The summed E-state index contributed by atoms with van der Waals surface area (Å²) in [5.74, 6) is 1.59. The van der Waals surface area contributed by atoms with Crippen molar-refractivity contribution in [3.05, 3.63) is 45.4 Å². The average molecular weight is 418 g/mol. The van der Waals surface area contributed by atoms with Crippen LogP contribution in [0, 0.1) is 29.4 Å². The molecule has 4 heteroatoms. The van der Waals surface area contributed by atoms with Crippen molar-refractivity contribution in [2.45, 2.75) is 57.3 Å². The monoisotopic (exact) mass is 416 g/mol. The minimum Gasteiger partial charge on any atom is -0.206 e. The van der Waals surface area contributed by atoms with E-state index in [1.54, 1.807) is 5.54 Å². The van der Waals surface area contributed by atoms with E-state index in [9.17, 15) is 8.78 Å². The summed E-state index contributed by atoms with van der Waals surface area (Å²) in [6.45, 7) is 0. The zero-order valence-corrected chi connectivity index (χ0v) is 16.1. The van der Waals surface area contributed by atoms with E-state index in [2.05, 4.69) is 22.0 Å². The van der Waals surface area contributed by atoms with Gasteiger partial charge in [0.25, 0.3) is 0 Å². The fourth-order valence-corrected chi connectivity index (χ4v) is 5.08. The van der Waals surface area contributed by atoms with Gasteiger partial charge in [-0.3, -0.25) is 0 Å². The maximum atomic E-state index is 13.8. The Bertz CT molecular complexity index is 562. The highest BCUT2D eigenvalue weighted by atomic mass is 79.9. The smallest absolute Gasteiger partial charge is 0.140 e. The summed E-state index contributed by atoms with van der Waals surface area (Å²) in [6.07, 6.45) is 11.7. The predicted octanol–water partition coefficient (Wildman–Crippen LogP) is 7.56. The lowest BCUT2D eigenvalue weighted by Gasteiger charge is -2.37. The van der Waals surface area contributed by atoms with Gasteiger partial charge in [0.05, 0.1) is 4.47 Å². The fourth-order valence-electron chi connectivity index (χ4n) is 4.65. The lowest BCUT2D eigenvalue weighted by atomic mass is 9.68. The molecule has 0 N–H and O–H groups in total. The second-order valence-corrected chi connectivity index (χ2v) is 8.45. The van der Waals surface area contributed by atoms with Crippen LogP contribution in [-0.2, 0) is 0 Å². The van der Waals surface area contributed by atoms with Crippen LogP contribution in [0.2, 0.25) is 0 Å². The summed E-state index contributed by atoms with van der Waals surface area (Å²) in [7, 11) is 0. The quantitative estimate of drug-likeness (QED) is 0.445. The molecule has 1 aromatic carbocycles. The number of halogens is 4. The van der Waals surface area contributed by atoms with E-state index < -0.39 is 11.6 Å². The van der Waals surface area contributed by atoms with Gasteiger partial charge in [0, 0.05) is 5.54 Å². The summed E-state index contributed by atoms with van der Waals surface area (Å²) < 4.78 is 27.5. The van der Waals surface area contributed by atoms with Crippen LogP contribution in [0.3, 0.4) is 0 Å². The standard InChI is InChI=1S/C20H24BrClF2/c21-20-18(23)11-17(12-19(20)24)16-7-5-15(6-8-16)14-3-1-13(2-4-14)9-10-22/h9-16H,1-8H2/b10-9+/t13-,14-,15?,16?. The molecule has 0 radical (unpaired) electrons. The molecule has 0 saturated heterocycles.